The van der Waals surface area contributed by atoms with Gasteiger partial charge in [-0.05, 0) is 53.7 Å². The first kappa shape index (κ1) is 15.0. The summed E-state index contributed by atoms with van der Waals surface area (Å²) in [5.74, 6) is 0.242. The molecule has 6 heteroatoms. The molecule has 0 radical (unpaired) electrons. The first-order valence-corrected chi connectivity index (χ1v) is 7.39. The maximum atomic E-state index is 12.1. The van der Waals surface area contributed by atoms with Gasteiger partial charge in [-0.3, -0.25) is 9.59 Å². The zero-order valence-corrected chi connectivity index (χ0v) is 12.9. The van der Waals surface area contributed by atoms with Crippen LogP contribution in [0, 0.1) is 11.8 Å². The summed E-state index contributed by atoms with van der Waals surface area (Å²) in [7, 11) is 1.40. The van der Waals surface area contributed by atoms with Crippen molar-refractivity contribution in [2.24, 2.45) is 11.8 Å². The van der Waals surface area contributed by atoms with Crippen molar-refractivity contribution < 1.29 is 14.3 Å². The molecule has 0 atom stereocenters. The molecule has 1 aliphatic rings. The third-order valence-electron chi connectivity index (χ3n) is 3.61. The summed E-state index contributed by atoms with van der Waals surface area (Å²) in [6.45, 7) is 0. The summed E-state index contributed by atoms with van der Waals surface area (Å²) in [5.41, 5.74) is 0. The number of methoxy groups -OCH3 is 1. The number of carbonyl (C=O) groups excluding carboxylic acids is 2. The number of halogens is 1. The van der Waals surface area contributed by atoms with E-state index in [4.69, 9.17) is 4.74 Å². The van der Waals surface area contributed by atoms with Crippen molar-refractivity contribution in [1.82, 2.24) is 4.98 Å². The van der Waals surface area contributed by atoms with Crippen LogP contribution in [0.3, 0.4) is 0 Å². The van der Waals surface area contributed by atoms with Crippen LogP contribution in [0.5, 0.6) is 0 Å². The van der Waals surface area contributed by atoms with E-state index >= 15 is 0 Å². The van der Waals surface area contributed by atoms with Crippen molar-refractivity contribution in [3.8, 4) is 0 Å². The fourth-order valence-electron chi connectivity index (χ4n) is 2.44. The van der Waals surface area contributed by atoms with E-state index in [9.17, 15) is 9.59 Å². The quantitative estimate of drug-likeness (QED) is 0.859. The lowest BCUT2D eigenvalue weighted by Crippen LogP contribution is -2.30. The van der Waals surface area contributed by atoms with Gasteiger partial charge in [0.05, 0.1) is 13.0 Å². The van der Waals surface area contributed by atoms with Crippen LogP contribution in [0.1, 0.15) is 25.7 Å². The lowest BCUT2D eigenvalue weighted by molar-refractivity contribution is -0.147. The highest BCUT2D eigenvalue weighted by molar-refractivity contribution is 9.10. The number of rotatable bonds is 3. The Balaban J connectivity index is 1.85. The van der Waals surface area contributed by atoms with Gasteiger partial charge in [0.2, 0.25) is 5.91 Å². The van der Waals surface area contributed by atoms with E-state index in [0.717, 1.165) is 4.47 Å². The SMILES string of the molecule is COC(=O)C1CCC(C(=O)Nc2ccc(Br)cn2)CC1. The van der Waals surface area contributed by atoms with Crippen LogP contribution in [0.4, 0.5) is 5.82 Å². The van der Waals surface area contributed by atoms with Crippen molar-refractivity contribution >= 4 is 33.6 Å². The number of amides is 1. The Labute approximate surface area is 126 Å². The molecule has 1 amide bonds. The number of pyridine rings is 1. The lowest BCUT2D eigenvalue weighted by Gasteiger charge is -2.25. The minimum atomic E-state index is -0.168. The number of esters is 1. The number of aromatic nitrogens is 1. The van der Waals surface area contributed by atoms with Crippen LogP contribution in [0.2, 0.25) is 0 Å². The topological polar surface area (TPSA) is 68.3 Å². The summed E-state index contributed by atoms with van der Waals surface area (Å²) in [5, 5.41) is 2.81. The Hall–Kier alpha value is -1.43. The van der Waals surface area contributed by atoms with Crippen molar-refractivity contribution in [1.29, 1.82) is 0 Å². The van der Waals surface area contributed by atoms with E-state index in [1.807, 2.05) is 6.07 Å². The van der Waals surface area contributed by atoms with Crippen molar-refractivity contribution in [3.63, 3.8) is 0 Å². The Morgan fingerprint density at radius 3 is 2.45 bits per heavy atom. The van der Waals surface area contributed by atoms with Gasteiger partial charge < -0.3 is 10.1 Å². The van der Waals surface area contributed by atoms with Gasteiger partial charge in [-0.15, -0.1) is 0 Å². The van der Waals surface area contributed by atoms with Gasteiger partial charge in [-0.25, -0.2) is 4.98 Å². The van der Waals surface area contributed by atoms with Gasteiger partial charge in [0.25, 0.3) is 0 Å². The standard InChI is InChI=1S/C14H17BrN2O3/c1-20-14(19)10-4-2-9(3-5-10)13(18)17-12-7-6-11(15)8-16-12/h6-10H,2-5H2,1H3,(H,16,17,18). The molecule has 0 bridgehead atoms. The molecular formula is C14H17BrN2O3. The zero-order chi connectivity index (χ0) is 14.5. The second kappa shape index (κ2) is 6.83. The number of carbonyl (C=O) groups is 2. The van der Waals surface area contributed by atoms with E-state index in [0.29, 0.717) is 31.5 Å². The largest absolute Gasteiger partial charge is 0.469 e. The molecule has 20 heavy (non-hydrogen) atoms. The molecule has 1 fully saturated rings. The summed E-state index contributed by atoms with van der Waals surface area (Å²) >= 11 is 3.30. The number of nitrogens with one attached hydrogen (secondary N) is 1. The smallest absolute Gasteiger partial charge is 0.308 e. The van der Waals surface area contributed by atoms with E-state index < -0.39 is 0 Å². The number of hydrogen-bond acceptors (Lipinski definition) is 4. The minimum Gasteiger partial charge on any atom is -0.469 e. The molecule has 1 aromatic heterocycles. The van der Waals surface area contributed by atoms with Crippen LogP contribution in [0.25, 0.3) is 0 Å². The molecule has 0 saturated heterocycles. The molecule has 1 aliphatic carbocycles. The molecular weight excluding hydrogens is 324 g/mol. The van der Waals surface area contributed by atoms with Crippen LogP contribution in [-0.2, 0) is 14.3 Å². The third kappa shape index (κ3) is 3.79. The van der Waals surface area contributed by atoms with Gasteiger partial charge in [0.1, 0.15) is 5.82 Å². The fraction of sp³-hybridized carbons (Fsp3) is 0.500. The molecule has 1 saturated carbocycles. The molecule has 0 unspecified atom stereocenters. The van der Waals surface area contributed by atoms with Gasteiger partial charge in [0.15, 0.2) is 0 Å². The lowest BCUT2D eigenvalue weighted by atomic mass is 9.81. The van der Waals surface area contributed by atoms with Gasteiger partial charge in [0, 0.05) is 16.6 Å². The summed E-state index contributed by atoms with van der Waals surface area (Å²) in [6.07, 6.45) is 4.48. The maximum Gasteiger partial charge on any atom is 0.308 e. The Morgan fingerprint density at radius 2 is 1.90 bits per heavy atom. The Bertz CT molecular complexity index is 482. The van der Waals surface area contributed by atoms with E-state index in [-0.39, 0.29) is 23.7 Å². The summed E-state index contributed by atoms with van der Waals surface area (Å²) in [4.78, 5) is 27.7. The highest BCUT2D eigenvalue weighted by atomic mass is 79.9. The minimum absolute atomic E-state index is 0.0249. The van der Waals surface area contributed by atoms with Gasteiger partial charge in [-0.2, -0.15) is 0 Å². The zero-order valence-electron chi connectivity index (χ0n) is 11.3. The van der Waals surface area contributed by atoms with Crippen LogP contribution >= 0.6 is 15.9 Å². The predicted octanol–water partition coefficient (Wildman–Crippen LogP) is 2.76. The third-order valence-corrected chi connectivity index (χ3v) is 4.08. The van der Waals surface area contributed by atoms with Crippen molar-refractivity contribution in [2.45, 2.75) is 25.7 Å². The van der Waals surface area contributed by atoms with E-state index in [1.54, 1.807) is 12.3 Å². The molecule has 0 aromatic carbocycles. The first-order chi connectivity index (χ1) is 9.60. The van der Waals surface area contributed by atoms with E-state index in [2.05, 4.69) is 26.2 Å². The molecule has 108 valence electrons. The van der Waals surface area contributed by atoms with Crippen molar-refractivity contribution in [2.75, 3.05) is 12.4 Å². The Kier molecular flexibility index (Phi) is 5.11. The average molecular weight is 341 g/mol. The van der Waals surface area contributed by atoms with E-state index in [1.165, 1.54) is 7.11 Å². The highest BCUT2D eigenvalue weighted by Gasteiger charge is 2.30. The number of ether oxygens (including phenoxy) is 1. The molecule has 1 heterocycles. The first-order valence-electron chi connectivity index (χ1n) is 6.60. The van der Waals surface area contributed by atoms with Crippen molar-refractivity contribution in [3.05, 3.63) is 22.8 Å². The molecule has 0 aliphatic heterocycles. The summed E-state index contributed by atoms with van der Waals surface area (Å²) < 4.78 is 5.61. The number of hydrogen-bond donors (Lipinski definition) is 1. The highest BCUT2D eigenvalue weighted by Crippen LogP contribution is 2.30. The van der Waals surface area contributed by atoms with Crippen LogP contribution < -0.4 is 5.32 Å². The van der Waals surface area contributed by atoms with Crippen LogP contribution in [-0.4, -0.2) is 24.0 Å². The van der Waals surface area contributed by atoms with Gasteiger partial charge in [-0.1, -0.05) is 0 Å². The fourth-order valence-corrected chi connectivity index (χ4v) is 2.67. The number of nitrogens with zero attached hydrogens (tertiary/aromatic N) is 1. The van der Waals surface area contributed by atoms with Crippen LogP contribution in [0.15, 0.2) is 22.8 Å². The monoisotopic (exact) mass is 340 g/mol. The summed E-state index contributed by atoms with van der Waals surface area (Å²) in [6, 6.07) is 3.58. The number of anilines is 1. The molecule has 5 nitrogen and oxygen atoms in total. The molecule has 1 aromatic rings. The second-order valence-electron chi connectivity index (χ2n) is 4.92. The second-order valence-corrected chi connectivity index (χ2v) is 5.84. The average Bonchev–Trinajstić information content (AvgIpc) is 2.49. The van der Waals surface area contributed by atoms with Gasteiger partial charge >= 0.3 is 5.97 Å². The molecule has 0 spiro atoms. The molecule has 2 rings (SSSR count). The normalized spacial score (nSPS) is 22.1. The maximum absolute atomic E-state index is 12.1. The Morgan fingerprint density at radius 1 is 1.25 bits per heavy atom. The predicted molar refractivity (Wildman–Crippen MR) is 78.0 cm³/mol. The molecule has 1 N–H and O–H groups in total.